The summed E-state index contributed by atoms with van der Waals surface area (Å²) in [6.45, 7) is 2.94. The normalized spacial score (nSPS) is 15.2. The predicted molar refractivity (Wildman–Crippen MR) is 58.7 cm³/mol. The second-order valence-electron chi connectivity index (χ2n) is 3.84. The van der Waals surface area contributed by atoms with Crippen molar-refractivity contribution in [3.05, 3.63) is 0 Å². The molecule has 2 atom stereocenters. The topological polar surface area (TPSA) is 101 Å². The lowest BCUT2D eigenvalue weighted by Crippen LogP contribution is -2.37. The van der Waals surface area contributed by atoms with Crippen molar-refractivity contribution in [3.63, 3.8) is 0 Å². The zero-order valence-corrected chi connectivity index (χ0v) is 10.4. The fourth-order valence-electron chi connectivity index (χ4n) is 0.962. The van der Waals surface area contributed by atoms with E-state index in [-0.39, 0.29) is 12.3 Å². The van der Waals surface area contributed by atoms with Crippen LogP contribution in [0, 0.1) is 11.8 Å². The molecular weight excluding hydrogens is 234 g/mol. The van der Waals surface area contributed by atoms with E-state index in [1.165, 1.54) is 13.8 Å². The van der Waals surface area contributed by atoms with Crippen LogP contribution in [0.1, 0.15) is 13.8 Å². The number of carboxylic acid groups (broad SMARTS) is 1. The van der Waals surface area contributed by atoms with E-state index >= 15 is 0 Å². The summed E-state index contributed by atoms with van der Waals surface area (Å²) in [5, 5.41) is 11.1. The first-order valence-corrected chi connectivity index (χ1v) is 6.89. The Morgan fingerprint density at radius 3 is 2.12 bits per heavy atom. The second-order valence-corrected chi connectivity index (χ2v) is 6.10. The molecule has 0 aliphatic carbocycles. The number of aliphatic carboxylic acids is 1. The van der Waals surface area contributed by atoms with Gasteiger partial charge in [-0.15, -0.1) is 0 Å². The summed E-state index contributed by atoms with van der Waals surface area (Å²) >= 11 is 0. The second kappa shape index (κ2) is 5.83. The van der Waals surface area contributed by atoms with Crippen LogP contribution in [-0.2, 0) is 19.4 Å². The standard InChI is InChI=1S/C9H17NO5S/c1-6(7(2)9(12)13)8(11)10-4-5-16(3,14)15/h6-7H,4-5H2,1-3H3,(H,10,11)(H,12,13). The van der Waals surface area contributed by atoms with Gasteiger partial charge in [-0.25, -0.2) is 8.42 Å². The number of sulfone groups is 1. The first-order valence-electron chi connectivity index (χ1n) is 4.83. The van der Waals surface area contributed by atoms with E-state index in [0.717, 1.165) is 6.26 Å². The number of nitrogens with one attached hydrogen (secondary N) is 1. The molecule has 0 saturated heterocycles. The van der Waals surface area contributed by atoms with Gasteiger partial charge in [0.2, 0.25) is 5.91 Å². The molecule has 1 amide bonds. The molecule has 0 bridgehead atoms. The molecule has 0 aromatic heterocycles. The number of rotatable bonds is 6. The molecule has 0 radical (unpaired) electrons. The summed E-state index contributed by atoms with van der Waals surface area (Å²) < 4.78 is 21.6. The van der Waals surface area contributed by atoms with Gasteiger partial charge in [0.15, 0.2) is 0 Å². The SMILES string of the molecule is CC(C(=O)O)C(C)C(=O)NCCS(C)(=O)=O. The minimum Gasteiger partial charge on any atom is -0.481 e. The summed E-state index contributed by atoms with van der Waals surface area (Å²) in [5.74, 6) is -3.12. The highest BCUT2D eigenvalue weighted by Gasteiger charge is 2.25. The van der Waals surface area contributed by atoms with Crippen molar-refractivity contribution in [1.29, 1.82) is 0 Å². The highest BCUT2D eigenvalue weighted by Crippen LogP contribution is 2.10. The van der Waals surface area contributed by atoms with Crippen molar-refractivity contribution < 1.29 is 23.1 Å². The lowest BCUT2D eigenvalue weighted by Gasteiger charge is -2.15. The molecule has 0 aromatic rings. The summed E-state index contributed by atoms with van der Waals surface area (Å²) in [6.07, 6.45) is 1.07. The molecule has 0 rings (SSSR count). The monoisotopic (exact) mass is 251 g/mol. The van der Waals surface area contributed by atoms with Gasteiger partial charge in [0.25, 0.3) is 0 Å². The lowest BCUT2D eigenvalue weighted by atomic mass is 9.95. The van der Waals surface area contributed by atoms with Gasteiger partial charge in [-0.2, -0.15) is 0 Å². The maximum Gasteiger partial charge on any atom is 0.307 e. The minimum absolute atomic E-state index is 0.00828. The van der Waals surface area contributed by atoms with Gasteiger partial charge in [-0.05, 0) is 0 Å². The summed E-state index contributed by atoms with van der Waals surface area (Å²) in [5.41, 5.74) is 0. The lowest BCUT2D eigenvalue weighted by molar-refractivity contribution is -0.146. The quantitative estimate of drug-likeness (QED) is 0.663. The molecule has 0 saturated carbocycles. The van der Waals surface area contributed by atoms with E-state index in [9.17, 15) is 18.0 Å². The van der Waals surface area contributed by atoms with E-state index in [2.05, 4.69) is 5.32 Å². The van der Waals surface area contributed by atoms with Gasteiger partial charge in [0, 0.05) is 18.7 Å². The predicted octanol–water partition coefficient (Wildman–Crippen LogP) is -0.496. The number of carbonyl (C=O) groups excluding carboxylic acids is 1. The summed E-state index contributed by atoms with van der Waals surface area (Å²) in [6, 6.07) is 0. The van der Waals surface area contributed by atoms with Gasteiger partial charge in [-0.3, -0.25) is 9.59 Å². The molecule has 0 spiro atoms. The van der Waals surface area contributed by atoms with Crippen LogP contribution in [0.3, 0.4) is 0 Å². The van der Waals surface area contributed by atoms with Crippen LogP contribution in [-0.4, -0.2) is 44.0 Å². The molecule has 6 nitrogen and oxygen atoms in total. The molecular formula is C9H17NO5S. The van der Waals surface area contributed by atoms with Crippen molar-refractivity contribution in [3.8, 4) is 0 Å². The van der Waals surface area contributed by atoms with Gasteiger partial charge >= 0.3 is 5.97 Å². The maximum atomic E-state index is 11.4. The molecule has 7 heteroatoms. The van der Waals surface area contributed by atoms with Crippen molar-refractivity contribution in [2.75, 3.05) is 18.6 Å². The summed E-state index contributed by atoms with van der Waals surface area (Å²) in [4.78, 5) is 22.0. The third-order valence-electron chi connectivity index (χ3n) is 2.33. The van der Waals surface area contributed by atoms with Crippen LogP contribution in [0.2, 0.25) is 0 Å². The fourth-order valence-corrected chi connectivity index (χ4v) is 1.43. The summed E-state index contributed by atoms with van der Waals surface area (Å²) in [7, 11) is -3.11. The first-order chi connectivity index (χ1) is 7.15. The molecule has 0 fully saturated rings. The third kappa shape index (κ3) is 5.69. The van der Waals surface area contributed by atoms with E-state index in [4.69, 9.17) is 5.11 Å². The Bertz CT molecular complexity index is 362. The molecule has 0 aliphatic rings. The highest BCUT2D eigenvalue weighted by atomic mass is 32.2. The Hall–Kier alpha value is -1.11. The average Bonchev–Trinajstić information content (AvgIpc) is 2.13. The smallest absolute Gasteiger partial charge is 0.307 e. The average molecular weight is 251 g/mol. The van der Waals surface area contributed by atoms with Crippen LogP contribution in [0.5, 0.6) is 0 Å². The van der Waals surface area contributed by atoms with Crippen LogP contribution in [0.15, 0.2) is 0 Å². The molecule has 0 heterocycles. The fraction of sp³-hybridized carbons (Fsp3) is 0.778. The third-order valence-corrected chi connectivity index (χ3v) is 3.27. The zero-order chi connectivity index (χ0) is 12.9. The Morgan fingerprint density at radius 2 is 1.75 bits per heavy atom. The Morgan fingerprint density at radius 1 is 1.25 bits per heavy atom. The van der Waals surface area contributed by atoms with Crippen LogP contribution < -0.4 is 5.32 Å². The van der Waals surface area contributed by atoms with Gasteiger partial charge in [-0.1, -0.05) is 13.8 Å². The largest absolute Gasteiger partial charge is 0.481 e. The minimum atomic E-state index is -3.11. The van der Waals surface area contributed by atoms with Crippen molar-refractivity contribution in [2.45, 2.75) is 13.8 Å². The number of carbonyl (C=O) groups is 2. The molecule has 0 aliphatic heterocycles. The number of amides is 1. The van der Waals surface area contributed by atoms with Gasteiger partial charge in [0.1, 0.15) is 9.84 Å². The Labute approximate surface area is 95.0 Å². The molecule has 2 unspecified atom stereocenters. The van der Waals surface area contributed by atoms with E-state index < -0.39 is 33.5 Å². The molecule has 16 heavy (non-hydrogen) atoms. The van der Waals surface area contributed by atoms with Crippen LogP contribution in [0.25, 0.3) is 0 Å². The van der Waals surface area contributed by atoms with Gasteiger partial charge < -0.3 is 10.4 Å². The maximum absolute atomic E-state index is 11.4. The van der Waals surface area contributed by atoms with Crippen molar-refractivity contribution in [1.82, 2.24) is 5.32 Å². The van der Waals surface area contributed by atoms with Gasteiger partial charge in [0.05, 0.1) is 11.7 Å². The Balaban J connectivity index is 4.12. The first kappa shape index (κ1) is 14.9. The molecule has 94 valence electrons. The van der Waals surface area contributed by atoms with Crippen molar-refractivity contribution >= 4 is 21.7 Å². The molecule has 0 aromatic carbocycles. The highest BCUT2D eigenvalue weighted by molar-refractivity contribution is 7.90. The van der Waals surface area contributed by atoms with Crippen LogP contribution in [0.4, 0.5) is 0 Å². The molecule has 2 N–H and O–H groups in total. The van der Waals surface area contributed by atoms with Crippen molar-refractivity contribution in [2.24, 2.45) is 11.8 Å². The Kier molecular flexibility index (Phi) is 5.43. The number of hydrogen-bond acceptors (Lipinski definition) is 4. The van der Waals surface area contributed by atoms with Crippen LogP contribution >= 0.6 is 0 Å². The van der Waals surface area contributed by atoms with E-state index in [0.29, 0.717) is 0 Å². The zero-order valence-electron chi connectivity index (χ0n) is 9.56. The van der Waals surface area contributed by atoms with E-state index in [1.54, 1.807) is 0 Å². The van der Waals surface area contributed by atoms with E-state index in [1.807, 2.05) is 0 Å². The number of carboxylic acids is 1. The number of hydrogen-bond donors (Lipinski definition) is 2.